The first-order chi connectivity index (χ1) is 11.3. The number of nitrogens with zero attached hydrogens (tertiary/aromatic N) is 2. The van der Waals surface area contributed by atoms with E-state index in [4.69, 9.17) is 0 Å². The summed E-state index contributed by atoms with van der Waals surface area (Å²) in [5, 5.41) is 6.91. The molecular weight excluding hydrogens is 323 g/mol. The highest BCUT2D eigenvalue weighted by molar-refractivity contribution is 5.96. The van der Waals surface area contributed by atoms with E-state index in [1.807, 2.05) is 0 Å². The molecule has 0 bridgehead atoms. The number of carbonyl (C=O) groups excluding carboxylic acids is 1. The molecule has 2 heterocycles. The van der Waals surface area contributed by atoms with Gasteiger partial charge in [0.2, 0.25) is 0 Å². The summed E-state index contributed by atoms with van der Waals surface area (Å²) in [6, 6.07) is 3.55. The van der Waals surface area contributed by atoms with Crippen molar-refractivity contribution in [3.63, 3.8) is 0 Å². The summed E-state index contributed by atoms with van der Waals surface area (Å²) in [5.41, 5.74) is 1.01. The first-order valence-corrected chi connectivity index (χ1v) is 6.91. The third kappa shape index (κ3) is 2.70. The summed E-state index contributed by atoms with van der Waals surface area (Å²) in [7, 11) is 1.23. The van der Waals surface area contributed by atoms with Gasteiger partial charge in [0.25, 0.3) is 0 Å². The minimum absolute atomic E-state index is 0.0918. The fourth-order valence-corrected chi connectivity index (χ4v) is 2.49. The van der Waals surface area contributed by atoms with Crippen molar-refractivity contribution in [2.75, 3.05) is 7.11 Å². The van der Waals surface area contributed by atoms with Gasteiger partial charge in [-0.1, -0.05) is 0 Å². The SMILES string of the molecule is COC(=O)c1cc(C)c(-c2cc(C(F)(F)F)cc3[nH]ncc23)cn1. The fourth-order valence-electron chi connectivity index (χ4n) is 2.49. The molecule has 0 unspecified atom stereocenters. The van der Waals surface area contributed by atoms with Crippen LogP contribution in [0.3, 0.4) is 0 Å². The summed E-state index contributed by atoms with van der Waals surface area (Å²) in [5.74, 6) is -0.609. The van der Waals surface area contributed by atoms with Crippen LogP contribution in [0, 0.1) is 6.92 Å². The molecule has 24 heavy (non-hydrogen) atoms. The van der Waals surface area contributed by atoms with Crippen LogP contribution in [0.25, 0.3) is 22.0 Å². The van der Waals surface area contributed by atoms with Gasteiger partial charge >= 0.3 is 12.1 Å². The Balaban J connectivity index is 2.22. The molecule has 2 aromatic heterocycles. The monoisotopic (exact) mass is 335 g/mol. The summed E-state index contributed by atoms with van der Waals surface area (Å²) in [6.07, 6.45) is -1.66. The maximum absolute atomic E-state index is 13.1. The van der Waals surface area contributed by atoms with Crippen LogP contribution < -0.4 is 0 Å². The highest BCUT2D eigenvalue weighted by atomic mass is 19.4. The van der Waals surface area contributed by atoms with Crippen molar-refractivity contribution in [3.8, 4) is 11.1 Å². The number of fused-ring (bicyclic) bond motifs is 1. The van der Waals surface area contributed by atoms with E-state index in [0.717, 1.165) is 12.1 Å². The Bertz CT molecular complexity index is 932. The van der Waals surface area contributed by atoms with E-state index in [2.05, 4.69) is 19.9 Å². The zero-order valence-corrected chi connectivity index (χ0v) is 12.7. The third-order valence-electron chi connectivity index (χ3n) is 3.68. The molecule has 8 heteroatoms. The molecule has 124 valence electrons. The largest absolute Gasteiger partial charge is 0.464 e. The quantitative estimate of drug-likeness (QED) is 0.725. The normalized spacial score (nSPS) is 11.7. The molecule has 0 spiro atoms. The molecular formula is C16H12F3N3O2. The number of benzene rings is 1. The van der Waals surface area contributed by atoms with Crippen LogP contribution in [0.1, 0.15) is 21.6 Å². The maximum atomic E-state index is 13.1. The first-order valence-electron chi connectivity index (χ1n) is 6.91. The minimum Gasteiger partial charge on any atom is -0.464 e. The molecule has 1 aromatic carbocycles. The number of hydrogen-bond donors (Lipinski definition) is 1. The number of pyridine rings is 1. The Labute approximate surface area is 134 Å². The van der Waals surface area contributed by atoms with Crippen molar-refractivity contribution in [2.24, 2.45) is 0 Å². The zero-order chi connectivity index (χ0) is 17.5. The molecule has 0 aliphatic carbocycles. The molecule has 0 saturated carbocycles. The second-order valence-electron chi connectivity index (χ2n) is 5.23. The molecule has 0 atom stereocenters. The van der Waals surface area contributed by atoms with Crippen LogP contribution in [0.15, 0.2) is 30.6 Å². The maximum Gasteiger partial charge on any atom is 0.416 e. The number of methoxy groups -OCH3 is 1. The molecule has 0 aliphatic heterocycles. The zero-order valence-electron chi connectivity index (χ0n) is 12.7. The molecule has 1 N–H and O–H groups in total. The molecule has 0 amide bonds. The van der Waals surface area contributed by atoms with Gasteiger partial charge in [-0.05, 0) is 36.2 Å². The van der Waals surface area contributed by atoms with Gasteiger partial charge in [-0.2, -0.15) is 18.3 Å². The number of hydrogen-bond acceptors (Lipinski definition) is 4. The van der Waals surface area contributed by atoms with E-state index in [1.165, 1.54) is 25.6 Å². The Morgan fingerprint density at radius 1 is 1.17 bits per heavy atom. The summed E-state index contributed by atoms with van der Waals surface area (Å²) >= 11 is 0. The van der Waals surface area contributed by atoms with E-state index < -0.39 is 17.7 Å². The highest BCUT2D eigenvalue weighted by Crippen LogP contribution is 2.37. The minimum atomic E-state index is -4.48. The molecule has 0 saturated heterocycles. The van der Waals surface area contributed by atoms with Gasteiger partial charge < -0.3 is 4.74 Å². The number of carbonyl (C=O) groups is 1. The van der Waals surface area contributed by atoms with Crippen LogP contribution >= 0.6 is 0 Å². The summed E-state index contributed by atoms with van der Waals surface area (Å²) in [6.45, 7) is 1.69. The number of esters is 1. The van der Waals surface area contributed by atoms with E-state index in [-0.39, 0.29) is 11.2 Å². The predicted molar refractivity (Wildman–Crippen MR) is 80.4 cm³/mol. The Kier molecular flexibility index (Phi) is 3.75. The van der Waals surface area contributed by atoms with Crippen LogP contribution in [-0.4, -0.2) is 28.3 Å². The average molecular weight is 335 g/mol. The van der Waals surface area contributed by atoms with Gasteiger partial charge in [0.1, 0.15) is 5.69 Å². The lowest BCUT2D eigenvalue weighted by Gasteiger charge is -2.12. The Morgan fingerprint density at radius 2 is 1.92 bits per heavy atom. The standard InChI is InChI=1S/C16H12F3N3O2/c1-8-3-14(15(23)24-2)20-6-11(8)10-4-9(16(17,18)19)5-13-12(10)7-21-22-13/h3-7H,1-2H3,(H,21,22). The number of halogens is 3. The molecule has 3 aromatic rings. The Hall–Kier alpha value is -2.90. The molecule has 5 nitrogen and oxygen atoms in total. The van der Waals surface area contributed by atoms with Crippen LogP contribution in [0.4, 0.5) is 13.2 Å². The van der Waals surface area contributed by atoms with Crippen molar-refractivity contribution < 1.29 is 22.7 Å². The molecule has 0 radical (unpaired) electrons. The van der Waals surface area contributed by atoms with Gasteiger partial charge in [0, 0.05) is 17.1 Å². The van der Waals surface area contributed by atoms with Crippen molar-refractivity contribution >= 4 is 16.9 Å². The van der Waals surface area contributed by atoms with Crippen LogP contribution in [-0.2, 0) is 10.9 Å². The van der Waals surface area contributed by atoms with E-state index in [9.17, 15) is 18.0 Å². The van der Waals surface area contributed by atoms with Crippen molar-refractivity contribution in [1.82, 2.24) is 15.2 Å². The number of ether oxygens (including phenoxy) is 1. The lowest BCUT2D eigenvalue weighted by atomic mass is 9.96. The predicted octanol–water partition coefficient (Wildman–Crippen LogP) is 3.74. The second kappa shape index (κ2) is 5.63. The van der Waals surface area contributed by atoms with E-state index in [1.54, 1.807) is 6.92 Å². The van der Waals surface area contributed by atoms with Crippen molar-refractivity contribution in [2.45, 2.75) is 13.1 Å². The number of aromatic amines is 1. The number of rotatable bonds is 2. The van der Waals surface area contributed by atoms with Crippen LogP contribution in [0.2, 0.25) is 0 Å². The molecule has 3 rings (SSSR count). The van der Waals surface area contributed by atoms with Crippen molar-refractivity contribution in [3.05, 3.63) is 47.4 Å². The molecule has 0 aliphatic rings. The van der Waals surface area contributed by atoms with E-state index in [0.29, 0.717) is 22.1 Å². The number of H-pyrrole nitrogens is 1. The average Bonchev–Trinajstić information content (AvgIpc) is 3.01. The fraction of sp³-hybridized carbons (Fsp3) is 0.188. The van der Waals surface area contributed by atoms with Crippen molar-refractivity contribution in [1.29, 1.82) is 0 Å². The highest BCUT2D eigenvalue weighted by Gasteiger charge is 2.32. The number of aryl methyl sites for hydroxylation is 1. The Morgan fingerprint density at radius 3 is 2.54 bits per heavy atom. The summed E-state index contributed by atoms with van der Waals surface area (Å²) in [4.78, 5) is 15.5. The second-order valence-corrected chi connectivity index (χ2v) is 5.23. The first kappa shape index (κ1) is 16.0. The van der Waals surface area contributed by atoms with Crippen LogP contribution in [0.5, 0.6) is 0 Å². The number of alkyl halides is 3. The lowest BCUT2D eigenvalue weighted by molar-refractivity contribution is -0.137. The van der Waals surface area contributed by atoms with E-state index >= 15 is 0 Å². The van der Waals surface area contributed by atoms with Gasteiger partial charge in [0.15, 0.2) is 0 Å². The number of nitrogens with one attached hydrogen (secondary N) is 1. The third-order valence-corrected chi connectivity index (χ3v) is 3.68. The topological polar surface area (TPSA) is 67.9 Å². The van der Waals surface area contributed by atoms with Gasteiger partial charge in [-0.3, -0.25) is 5.10 Å². The lowest BCUT2D eigenvalue weighted by Crippen LogP contribution is -2.06. The molecule has 0 fully saturated rings. The summed E-state index contributed by atoms with van der Waals surface area (Å²) < 4.78 is 44.0. The number of aromatic nitrogens is 3. The van der Waals surface area contributed by atoms with Gasteiger partial charge in [0.05, 0.1) is 24.4 Å². The van der Waals surface area contributed by atoms with Gasteiger partial charge in [-0.15, -0.1) is 0 Å². The smallest absolute Gasteiger partial charge is 0.416 e. The van der Waals surface area contributed by atoms with Gasteiger partial charge in [-0.25, -0.2) is 9.78 Å².